The standard InChI is InChI=1S/C21H22N2O4S/c1-4-12-23-18-11-10-17(26-5-2)13-19(18)28-21(23)22-20(24)14-27-16-8-6-15(25-3)7-9-16/h4,6-11,13H,1,5,12,14H2,2-3H3. The highest BCUT2D eigenvalue weighted by molar-refractivity contribution is 7.16. The van der Waals surface area contributed by atoms with E-state index in [9.17, 15) is 4.79 Å². The Hall–Kier alpha value is -3.06. The van der Waals surface area contributed by atoms with Crippen molar-refractivity contribution in [1.29, 1.82) is 0 Å². The van der Waals surface area contributed by atoms with Crippen molar-refractivity contribution in [3.05, 3.63) is 59.9 Å². The number of hydrogen-bond donors (Lipinski definition) is 0. The summed E-state index contributed by atoms with van der Waals surface area (Å²) in [5, 5.41) is 0. The molecule has 6 nitrogen and oxygen atoms in total. The minimum Gasteiger partial charge on any atom is -0.497 e. The highest BCUT2D eigenvalue weighted by Gasteiger charge is 2.09. The summed E-state index contributed by atoms with van der Waals surface area (Å²) in [6, 6.07) is 12.9. The lowest BCUT2D eigenvalue weighted by Crippen LogP contribution is -2.19. The van der Waals surface area contributed by atoms with Gasteiger partial charge in [0.1, 0.15) is 17.2 Å². The van der Waals surface area contributed by atoms with Crippen LogP contribution in [0.5, 0.6) is 17.2 Å². The lowest BCUT2D eigenvalue weighted by atomic mass is 10.3. The first-order valence-corrected chi connectivity index (χ1v) is 9.67. The Balaban J connectivity index is 1.83. The van der Waals surface area contributed by atoms with Crippen LogP contribution in [0.25, 0.3) is 10.2 Å². The zero-order valence-electron chi connectivity index (χ0n) is 15.9. The molecule has 1 aromatic heterocycles. The Kier molecular flexibility index (Phi) is 6.49. The van der Waals surface area contributed by atoms with E-state index in [1.54, 1.807) is 37.5 Å². The molecule has 0 atom stereocenters. The number of allylic oxidation sites excluding steroid dienone is 1. The number of ether oxygens (including phenoxy) is 3. The van der Waals surface area contributed by atoms with E-state index in [4.69, 9.17) is 14.2 Å². The van der Waals surface area contributed by atoms with Crippen molar-refractivity contribution in [2.45, 2.75) is 13.5 Å². The fourth-order valence-electron chi connectivity index (χ4n) is 2.66. The number of nitrogens with zero attached hydrogens (tertiary/aromatic N) is 2. The Morgan fingerprint density at radius 1 is 1.14 bits per heavy atom. The van der Waals surface area contributed by atoms with E-state index in [0.29, 0.717) is 23.7 Å². The molecule has 1 heterocycles. The van der Waals surface area contributed by atoms with Gasteiger partial charge in [-0.1, -0.05) is 17.4 Å². The molecule has 0 aliphatic carbocycles. The lowest BCUT2D eigenvalue weighted by molar-refractivity contribution is -0.120. The summed E-state index contributed by atoms with van der Waals surface area (Å²) >= 11 is 1.43. The molecule has 2 aromatic carbocycles. The average molecular weight is 398 g/mol. The molecule has 0 bridgehead atoms. The Morgan fingerprint density at radius 3 is 2.54 bits per heavy atom. The summed E-state index contributed by atoms with van der Waals surface area (Å²) in [5.41, 5.74) is 0.982. The molecule has 146 valence electrons. The number of hydrogen-bond acceptors (Lipinski definition) is 5. The number of methoxy groups -OCH3 is 1. The first-order valence-electron chi connectivity index (χ1n) is 8.86. The molecule has 0 unspecified atom stereocenters. The predicted molar refractivity (Wildman–Crippen MR) is 110 cm³/mol. The summed E-state index contributed by atoms with van der Waals surface area (Å²) in [7, 11) is 1.60. The number of carbonyl (C=O) groups excluding carboxylic acids is 1. The van der Waals surface area contributed by atoms with Crippen LogP contribution in [0.2, 0.25) is 0 Å². The monoisotopic (exact) mass is 398 g/mol. The number of rotatable bonds is 8. The van der Waals surface area contributed by atoms with Crippen LogP contribution >= 0.6 is 11.3 Å². The van der Waals surface area contributed by atoms with E-state index in [2.05, 4.69) is 11.6 Å². The predicted octanol–water partition coefficient (Wildman–Crippen LogP) is 3.80. The summed E-state index contributed by atoms with van der Waals surface area (Å²) in [6.07, 6.45) is 1.78. The van der Waals surface area contributed by atoms with Gasteiger partial charge in [-0.3, -0.25) is 4.79 Å². The number of benzene rings is 2. The fraction of sp³-hybridized carbons (Fsp3) is 0.238. The summed E-state index contributed by atoms with van der Waals surface area (Å²) < 4.78 is 19.1. The van der Waals surface area contributed by atoms with Crippen LogP contribution in [-0.2, 0) is 11.3 Å². The smallest absolute Gasteiger partial charge is 0.286 e. The van der Waals surface area contributed by atoms with Crippen molar-refractivity contribution in [3.63, 3.8) is 0 Å². The molecule has 0 saturated carbocycles. The fourth-order valence-corrected chi connectivity index (χ4v) is 3.74. The zero-order chi connectivity index (χ0) is 19.9. The van der Waals surface area contributed by atoms with Gasteiger partial charge in [-0.25, -0.2) is 0 Å². The lowest BCUT2D eigenvalue weighted by Gasteiger charge is -2.05. The summed E-state index contributed by atoms with van der Waals surface area (Å²) in [5.74, 6) is 1.75. The molecule has 0 spiro atoms. The van der Waals surface area contributed by atoms with Gasteiger partial charge in [-0.2, -0.15) is 4.99 Å². The van der Waals surface area contributed by atoms with Gasteiger partial charge in [-0.05, 0) is 49.4 Å². The van der Waals surface area contributed by atoms with Crippen LogP contribution in [0.3, 0.4) is 0 Å². The quantitative estimate of drug-likeness (QED) is 0.542. The van der Waals surface area contributed by atoms with Crippen molar-refractivity contribution < 1.29 is 19.0 Å². The molecular formula is C21H22N2O4S. The molecule has 0 saturated heterocycles. The minimum absolute atomic E-state index is 0.140. The second-order valence-electron chi connectivity index (χ2n) is 5.82. The van der Waals surface area contributed by atoms with Crippen LogP contribution < -0.4 is 19.0 Å². The molecule has 0 aliphatic heterocycles. The maximum Gasteiger partial charge on any atom is 0.286 e. The molecule has 3 rings (SSSR count). The second kappa shape index (κ2) is 9.23. The van der Waals surface area contributed by atoms with Gasteiger partial charge in [0.2, 0.25) is 0 Å². The van der Waals surface area contributed by atoms with Crippen LogP contribution in [-0.4, -0.2) is 30.8 Å². The third-order valence-electron chi connectivity index (χ3n) is 3.92. The number of thiazole rings is 1. The molecule has 1 amide bonds. The molecule has 0 N–H and O–H groups in total. The van der Waals surface area contributed by atoms with Crippen LogP contribution in [0, 0.1) is 0 Å². The SMILES string of the molecule is C=CCn1c(=NC(=O)COc2ccc(OC)cc2)sc2cc(OCC)ccc21. The van der Waals surface area contributed by atoms with Gasteiger partial charge >= 0.3 is 0 Å². The Bertz CT molecular complexity index is 1030. The highest BCUT2D eigenvalue weighted by atomic mass is 32.1. The van der Waals surface area contributed by atoms with Crippen LogP contribution in [0.1, 0.15) is 6.92 Å². The Morgan fingerprint density at radius 2 is 1.86 bits per heavy atom. The maximum atomic E-state index is 12.3. The van der Waals surface area contributed by atoms with E-state index in [0.717, 1.165) is 21.7 Å². The van der Waals surface area contributed by atoms with Gasteiger partial charge in [0, 0.05) is 6.54 Å². The van der Waals surface area contributed by atoms with Crippen molar-refractivity contribution in [2.75, 3.05) is 20.3 Å². The van der Waals surface area contributed by atoms with E-state index >= 15 is 0 Å². The van der Waals surface area contributed by atoms with Crippen LogP contribution in [0.4, 0.5) is 0 Å². The molecule has 3 aromatic rings. The van der Waals surface area contributed by atoms with Gasteiger partial charge in [0.05, 0.1) is 23.9 Å². The largest absolute Gasteiger partial charge is 0.497 e. The minimum atomic E-state index is -0.356. The van der Waals surface area contributed by atoms with Crippen molar-refractivity contribution in [3.8, 4) is 17.2 Å². The zero-order valence-corrected chi connectivity index (χ0v) is 16.7. The van der Waals surface area contributed by atoms with Gasteiger partial charge in [0.15, 0.2) is 11.4 Å². The average Bonchev–Trinajstić information content (AvgIpc) is 3.03. The molecule has 0 fully saturated rings. The van der Waals surface area contributed by atoms with Crippen LogP contribution in [0.15, 0.2) is 60.1 Å². The van der Waals surface area contributed by atoms with E-state index in [-0.39, 0.29) is 12.5 Å². The highest BCUT2D eigenvalue weighted by Crippen LogP contribution is 2.23. The number of aromatic nitrogens is 1. The molecule has 28 heavy (non-hydrogen) atoms. The number of amides is 1. The van der Waals surface area contributed by atoms with Crippen molar-refractivity contribution in [2.24, 2.45) is 4.99 Å². The van der Waals surface area contributed by atoms with E-state index in [1.807, 2.05) is 29.7 Å². The van der Waals surface area contributed by atoms with Crippen molar-refractivity contribution >= 4 is 27.5 Å². The summed E-state index contributed by atoms with van der Waals surface area (Å²) in [4.78, 5) is 17.2. The molecule has 0 aliphatic rings. The second-order valence-corrected chi connectivity index (χ2v) is 6.83. The van der Waals surface area contributed by atoms with Crippen molar-refractivity contribution in [1.82, 2.24) is 4.57 Å². The molecule has 7 heteroatoms. The normalized spacial score (nSPS) is 11.4. The third-order valence-corrected chi connectivity index (χ3v) is 4.96. The molecule has 0 radical (unpaired) electrons. The third kappa shape index (κ3) is 4.61. The Labute approximate surface area is 167 Å². The first kappa shape index (κ1) is 19.7. The van der Waals surface area contributed by atoms with Gasteiger partial charge in [0.25, 0.3) is 5.91 Å². The van der Waals surface area contributed by atoms with E-state index in [1.165, 1.54) is 11.3 Å². The molecular weight excluding hydrogens is 376 g/mol. The van der Waals surface area contributed by atoms with Gasteiger partial charge in [-0.15, -0.1) is 6.58 Å². The first-order chi connectivity index (χ1) is 13.6. The van der Waals surface area contributed by atoms with Gasteiger partial charge < -0.3 is 18.8 Å². The number of fused-ring (bicyclic) bond motifs is 1. The summed E-state index contributed by atoms with van der Waals surface area (Å²) in [6.45, 7) is 6.75. The topological polar surface area (TPSA) is 62.1 Å². The maximum absolute atomic E-state index is 12.3. The number of carbonyl (C=O) groups is 1. The van der Waals surface area contributed by atoms with E-state index < -0.39 is 0 Å².